The third-order valence-electron chi connectivity index (χ3n) is 1.45. The minimum absolute atomic E-state index is 0.213. The number of hydrogen-bond acceptors (Lipinski definition) is 4. The van der Waals surface area contributed by atoms with Gasteiger partial charge in [-0.2, -0.15) is 0 Å². The molecule has 0 spiro atoms. The van der Waals surface area contributed by atoms with Crippen molar-refractivity contribution in [2.45, 2.75) is 0 Å². The molecule has 62 valence electrons. The first kappa shape index (κ1) is 7.04. The van der Waals surface area contributed by atoms with Crippen molar-refractivity contribution in [1.82, 2.24) is 18.9 Å². The molecule has 0 atom stereocenters. The number of nitrogens with one attached hydrogen (secondary N) is 2. The number of H-pyrrole nitrogens is 2. The zero-order chi connectivity index (χ0) is 8.72. The minimum atomic E-state index is -0.644. The van der Waals surface area contributed by atoms with Gasteiger partial charge in [0, 0.05) is 0 Å². The summed E-state index contributed by atoms with van der Waals surface area (Å²) in [7, 11) is 0. The lowest BCUT2D eigenvalue weighted by Gasteiger charge is -2.05. The molecule has 2 aromatic heterocycles. The average Bonchev–Trinajstić information content (AvgIpc) is 2.48. The van der Waals surface area contributed by atoms with E-state index in [1.807, 2.05) is 0 Å². The predicted octanol–water partition coefficient (Wildman–Crippen LogP) is -1.28. The Morgan fingerprint density at radius 3 is 3.00 bits per heavy atom. The fourth-order valence-electron chi connectivity index (χ4n) is 0.898. The van der Waals surface area contributed by atoms with Gasteiger partial charge in [0.25, 0.3) is 5.56 Å². The number of rotatable bonds is 0. The van der Waals surface area contributed by atoms with Gasteiger partial charge in [-0.3, -0.25) is 9.78 Å². The normalized spacial score (nSPS) is 10.7. The molecule has 6 nitrogen and oxygen atoms in total. The summed E-state index contributed by atoms with van der Waals surface area (Å²) < 4.78 is 0.570. The highest BCUT2D eigenvalue weighted by Crippen LogP contribution is 1.93. The van der Waals surface area contributed by atoms with Gasteiger partial charge in [-0.1, -0.05) is 0 Å². The Hall–Kier alpha value is -1.63. The molecule has 0 bridgehead atoms. The second kappa shape index (κ2) is 2.18. The second-order valence-electron chi connectivity index (χ2n) is 2.16. The zero-order valence-corrected chi connectivity index (χ0v) is 6.51. The monoisotopic (exact) mass is 183 g/mol. The molecule has 0 saturated heterocycles. The highest BCUT2D eigenvalue weighted by atomic mass is 32.1. The Bertz CT molecular complexity index is 536. The Kier molecular flexibility index (Phi) is 1.28. The Morgan fingerprint density at radius 2 is 2.25 bits per heavy atom. The van der Waals surface area contributed by atoms with Crippen LogP contribution in [0.2, 0.25) is 0 Å². The Balaban J connectivity index is 3.16. The van der Waals surface area contributed by atoms with Gasteiger partial charge in [0.15, 0.2) is 5.65 Å². The van der Waals surface area contributed by atoms with Crippen molar-refractivity contribution in [1.29, 1.82) is 0 Å². The molecule has 2 aromatic rings. The summed E-state index contributed by atoms with van der Waals surface area (Å²) in [4.78, 5) is 30.7. The number of nitrogens with zero attached hydrogens (tertiary/aromatic N) is 2. The first-order valence-corrected chi connectivity index (χ1v) is 3.42. The topological polar surface area (TPSA) is 83.5 Å². The van der Waals surface area contributed by atoms with Crippen molar-refractivity contribution in [3.63, 3.8) is 0 Å². The smallest absolute Gasteiger partial charge is 0.310 e. The van der Waals surface area contributed by atoms with Gasteiger partial charge in [-0.15, -0.1) is 0 Å². The van der Waals surface area contributed by atoms with E-state index in [9.17, 15) is 9.59 Å². The van der Waals surface area contributed by atoms with E-state index in [1.165, 1.54) is 6.33 Å². The molecule has 0 aliphatic heterocycles. The van der Waals surface area contributed by atoms with Gasteiger partial charge in [-0.25, -0.2) is 9.78 Å². The van der Waals surface area contributed by atoms with E-state index in [-0.39, 0.29) is 11.2 Å². The lowest BCUT2D eigenvalue weighted by Crippen LogP contribution is -2.31. The van der Waals surface area contributed by atoms with Crippen LogP contribution in [0.25, 0.3) is 11.2 Å². The third kappa shape index (κ3) is 0.766. The van der Waals surface area contributed by atoms with Crippen LogP contribution in [0.3, 0.4) is 0 Å². The molecule has 0 fully saturated rings. The van der Waals surface area contributed by atoms with Gasteiger partial charge < -0.3 is 21.8 Å². The molecule has 0 saturated carbocycles. The van der Waals surface area contributed by atoms with Crippen LogP contribution >= 0.6 is 0 Å². The molecular formula is C5H3N4O2S-. The van der Waals surface area contributed by atoms with E-state index in [0.717, 1.165) is 0 Å². The highest BCUT2D eigenvalue weighted by molar-refractivity contribution is 7.56. The molecule has 2 rings (SSSR count). The molecule has 0 aromatic carbocycles. The number of aromatic nitrogens is 4. The number of fused-ring (bicyclic) bond motifs is 1. The Labute approximate surface area is 70.8 Å². The molecule has 2 N–H and O–H groups in total. The van der Waals surface area contributed by atoms with Crippen molar-refractivity contribution in [2.24, 2.45) is 0 Å². The summed E-state index contributed by atoms with van der Waals surface area (Å²) in [5.41, 5.74) is -0.758. The van der Waals surface area contributed by atoms with E-state index in [0.29, 0.717) is 3.97 Å². The first-order chi connectivity index (χ1) is 5.70. The van der Waals surface area contributed by atoms with Crippen LogP contribution in [0.15, 0.2) is 15.9 Å². The zero-order valence-electron chi connectivity index (χ0n) is 5.70. The van der Waals surface area contributed by atoms with E-state index in [2.05, 4.69) is 27.8 Å². The standard InChI is InChI=1S/C5H3N4O2S/c10-4-2-3(7-1-6-2)8-5(11)9(4)12/h1H,(H,6,7)(H,8,11)/q-1. The number of imidazole rings is 1. The third-order valence-corrected chi connectivity index (χ3v) is 1.78. The first-order valence-electron chi connectivity index (χ1n) is 3.06. The van der Waals surface area contributed by atoms with Crippen LogP contribution in [0, 0.1) is 0 Å². The fraction of sp³-hybridized carbons (Fsp3) is 0. The van der Waals surface area contributed by atoms with Crippen LogP contribution in [-0.2, 0) is 12.8 Å². The van der Waals surface area contributed by atoms with Gasteiger partial charge in [0.05, 0.1) is 6.33 Å². The van der Waals surface area contributed by atoms with Crippen molar-refractivity contribution in [2.75, 3.05) is 0 Å². The van der Waals surface area contributed by atoms with E-state index in [4.69, 9.17) is 0 Å². The minimum Gasteiger partial charge on any atom is -0.679 e. The summed E-state index contributed by atoms with van der Waals surface area (Å²) in [5, 5.41) is 0. The SMILES string of the molecule is O=c1[nH]c2nc[nH]c2c(=O)n1[S-]. The molecule has 0 unspecified atom stereocenters. The van der Waals surface area contributed by atoms with E-state index < -0.39 is 11.2 Å². The molecule has 0 aliphatic carbocycles. The lowest BCUT2D eigenvalue weighted by atomic mass is 10.5. The maximum absolute atomic E-state index is 11.2. The second-order valence-corrected chi connectivity index (χ2v) is 2.52. The Morgan fingerprint density at radius 1 is 1.50 bits per heavy atom. The summed E-state index contributed by atoms with van der Waals surface area (Å²) in [5.74, 6) is 0. The van der Waals surface area contributed by atoms with Crippen LogP contribution in [0.1, 0.15) is 0 Å². The summed E-state index contributed by atoms with van der Waals surface area (Å²) in [6.45, 7) is 0. The molecule has 7 heteroatoms. The van der Waals surface area contributed by atoms with Gasteiger partial charge in [-0.05, 0) is 0 Å². The van der Waals surface area contributed by atoms with Crippen molar-refractivity contribution in [3.8, 4) is 0 Å². The molecule has 2 heterocycles. The van der Waals surface area contributed by atoms with Gasteiger partial charge in [0.2, 0.25) is 0 Å². The van der Waals surface area contributed by atoms with Crippen molar-refractivity contribution in [3.05, 3.63) is 27.2 Å². The summed E-state index contributed by atoms with van der Waals surface area (Å²) >= 11 is 4.50. The fourth-order valence-corrected chi connectivity index (χ4v) is 1.03. The maximum Gasteiger partial charge on any atom is 0.310 e. The van der Waals surface area contributed by atoms with Crippen molar-refractivity contribution >= 4 is 24.0 Å². The lowest BCUT2D eigenvalue weighted by molar-refractivity contribution is 1.01. The molecule has 0 radical (unpaired) electrons. The van der Waals surface area contributed by atoms with Crippen LogP contribution in [0.5, 0.6) is 0 Å². The van der Waals surface area contributed by atoms with E-state index in [1.54, 1.807) is 0 Å². The van der Waals surface area contributed by atoms with Gasteiger partial charge in [0.1, 0.15) is 5.52 Å². The molecule has 0 amide bonds. The van der Waals surface area contributed by atoms with E-state index >= 15 is 0 Å². The van der Waals surface area contributed by atoms with Crippen LogP contribution in [-0.4, -0.2) is 18.9 Å². The number of aromatic amines is 2. The summed E-state index contributed by atoms with van der Waals surface area (Å²) in [6.07, 6.45) is 1.32. The molecule has 12 heavy (non-hydrogen) atoms. The quantitative estimate of drug-likeness (QED) is 0.498. The van der Waals surface area contributed by atoms with Crippen molar-refractivity contribution < 1.29 is 0 Å². The molecular weight excluding hydrogens is 180 g/mol. The predicted molar refractivity (Wildman–Crippen MR) is 43.7 cm³/mol. The average molecular weight is 183 g/mol. The highest BCUT2D eigenvalue weighted by Gasteiger charge is 2.01. The summed E-state index contributed by atoms with van der Waals surface area (Å²) in [6, 6.07) is 0. The largest absolute Gasteiger partial charge is 0.679 e. The van der Waals surface area contributed by atoms with Crippen LogP contribution < -0.4 is 11.2 Å². The maximum atomic E-state index is 11.2. The van der Waals surface area contributed by atoms with Crippen LogP contribution in [0.4, 0.5) is 0 Å². The molecule has 0 aliphatic rings. The van der Waals surface area contributed by atoms with Gasteiger partial charge >= 0.3 is 5.69 Å². The number of hydrogen-bond donors (Lipinski definition) is 2.